The Bertz CT molecular complexity index is 707. The first-order chi connectivity index (χ1) is 12.1. The van der Waals surface area contributed by atoms with Crippen LogP contribution in [0.5, 0.6) is 0 Å². The van der Waals surface area contributed by atoms with Crippen LogP contribution in [-0.4, -0.2) is 69.4 Å². The van der Waals surface area contributed by atoms with Crippen molar-refractivity contribution in [3.8, 4) is 0 Å². The predicted molar refractivity (Wildman–Crippen MR) is 94.5 cm³/mol. The van der Waals surface area contributed by atoms with Gasteiger partial charge in [0.25, 0.3) is 0 Å². The van der Waals surface area contributed by atoms with Gasteiger partial charge in [0.1, 0.15) is 6.33 Å². The molecule has 1 amide bonds. The van der Waals surface area contributed by atoms with Crippen molar-refractivity contribution >= 4 is 17.5 Å². The Morgan fingerprint density at radius 3 is 2.92 bits per heavy atom. The van der Waals surface area contributed by atoms with Gasteiger partial charge in [-0.2, -0.15) is 0 Å². The number of likely N-dealkylation sites (N-methyl/N-ethyl adjacent to an activating group) is 1. The van der Waals surface area contributed by atoms with Crippen molar-refractivity contribution in [3.63, 3.8) is 0 Å². The van der Waals surface area contributed by atoms with Gasteiger partial charge in [-0.05, 0) is 25.5 Å². The molecule has 2 aromatic heterocycles. The van der Waals surface area contributed by atoms with Crippen LogP contribution in [0.25, 0.3) is 0 Å². The Morgan fingerprint density at radius 1 is 1.36 bits per heavy atom. The quantitative estimate of drug-likeness (QED) is 0.876. The molecule has 1 aliphatic rings. The lowest BCUT2D eigenvalue weighted by Crippen LogP contribution is -2.41. The van der Waals surface area contributed by atoms with Crippen molar-refractivity contribution in [1.82, 2.24) is 29.7 Å². The molecule has 0 radical (unpaired) electrons. The van der Waals surface area contributed by atoms with Crippen LogP contribution in [0, 0.1) is 0 Å². The van der Waals surface area contributed by atoms with Crippen LogP contribution in [0.3, 0.4) is 0 Å². The SMILES string of the molecule is CN(C)C(=O)CN1CCCC(c2ccnc(Nc3cncnc3)n2)C1. The number of rotatable bonds is 5. The van der Waals surface area contributed by atoms with Crippen molar-refractivity contribution in [1.29, 1.82) is 0 Å². The second-order valence-corrected chi connectivity index (χ2v) is 6.42. The molecule has 0 aromatic carbocycles. The van der Waals surface area contributed by atoms with Crippen LogP contribution < -0.4 is 5.32 Å². The number of piperidine rings is 1. The fraction of sp³-hybridized carbons (Fsp3) is 0.471. The third kappa shape index (κ3) is 4.69. The number of hydrogen-bond donors (Lipinski definition) is 1. The Hall–Kier alpha value is -2.61. The van der Waals surface area contributed by atoms with E-state index in [9.17, 15) is 4.79 Å². The fourth-order valence-electron chi connectivity index (χ4n) is 2.93. The van der Waals surface area contributed by atoms with Gasteiger partial charge in [0, 0.05) is 32.8 Å². The lowest BCUT2D eigenvalue weighted by Gasteiger charge is -2.32. The first-order valence-electron chi connectivity index (χ1n) is 8.39. The number of carbonyl (C=O) groups excluding carboxylic acids is 1. The third-order valence-corrected chi connectivity index (χ3v) is 4.28. The van der Waals surface area contributed by atoms with E-state index < -0.39 is 0 Å². The Morgan fingerprint density at radius 2 is 2.16 bits per heavy atom. The zero-order valence-electron chi connectivity index (χ0n) is 14.6. The summed E-state index contributed by atoms with van der Waals surface area (Å²) in [5.74, 6) is 0.975. The van der Waals surface area contributed by atoms with Crippen molar-refractivity contribution in [3.05, 3.63) is 36.7 Å². The topological polar surface area (TPSA) is 87.1 Å². The molecule has 8 heteroatoms. The van der Waals surface area contributed by atoms with E-state index in [2.05, 4.69) is 30.2 Å². The molecule has 1 saturated heterocycles. The summed E-state index contributed by atoms with van der Waals surface area (Å²) in [5, 5.41) is 3.12. The van der Waals surface area contributed by atoms with E-state index in [1.54, 1.807) is 37.6 Å². The molecule has 25 heavy (non-hydrogen) atoms. The molecule has 1 fully saturated rings. The number of amides is 1. The molecule has 0 spiro atoms. The standard InChI is InChI=1S/C17H23N7O/c1-23(2)16(25)11-24-7-3-4-13(10-24)15-5-6-20-17(22-15)21-14-8-18-12-19-9-14/h5-6,8-9,12-13H,3-4,7,10-11H2,1-2H3,(H,20,21,22). The van der Waals surface area contributed by atoms with E-state index in [0.29, 0.717) is 18.4 Å². The monoisotopic (exact) mass is 341 g/mol. The van der Waals surface area contributed by atoms with Gasteiger partial charge in [0.2, 0.25) is 11.9 Å². The first-order valence-corrected chi connectivity index (χ1v) is 8.39. The number of likely N-dealkylation sites (tertiary alicyclic amines) is 1. The molecule has 1 aliphatic heterocycles. The second kappa shape index (κ2) is 7.98. The van der Waals surface area contributed by atoms with Crippen molar-refractivity contribution in [2.75, 3.05) is 39.0 Å². The maximum atomic E-state index is 11.9. The highest BCUT2D eigenvalue weighted by atomic mass is 16.2. The van der Waals surface area contributed by atoms with Crippen LogP contribution >= 0.6 is 0 Å². The minimum atomic E-state index is 0.134. The normalized spacial score (nSPS) is 17.9. The lowest BCUT2D eigenvalue weighted by atomic mass is 9.94. The van der Waals surface area contributed by atoms with E-state index >= 15 is 0 Å². The molecule has 132 valence electrons. The average molecular weight is 341 g/mol. The molecule has 0 saturated carbocycles. The van der Waals surface area contributed by atoms with E-state index in [1.165, 1.54) is 6.33 Å². The zero-order valence-corrected chi connectivity index (χ0v) is 14.6. The third-order valence-electron chi connectivity index (χ3n) is 4.28. The minimum Gasteiger partial charge on any atom is -0.348 e. The molecule has 8 nitrogen and oxygen atoms in total. The summed E-state index contributed by atoms with van der Waals surface area (Å²) in [6.07, 6.45) is 8.73. The molecule has 1 unspecified atom stereocenters. The van der Waals surface area contributed by atoms with Crippen LogP contribution in [0.4, 0.5) is 11.6 Å². The summed E-state index contributed by atoms with van der Waals surface area (Å²) < 4.78 is 0. The largest absolute Gasteiger partial charge is 0.348 e. The Labute approximate surface area is 147 Å². The van der Waals surface area contributed by atoms with Gasteiger partial charge in [-0.3, -0.25) is 9.69 Å². The average Bonchev–Trinajstić information content (AvgIpc) is 2.63. The molecule has 3 rings (SSSR count). The summed E-state index contributed by atoms with van der Waals surface area (Å²) in [4.78, 5) is 32.6. The van der Waals surface area contributed by atoms with Gasteiger partial charge in [0.05, 0.1) is 30.3 Å². The molecule has 2 aromatic rings. The number of nitrogens with zero attached hydrogens (tertiary/aromatic N) is 6. The van der Waals surface area contributed by atoms with Gasteiger partial charge in [-0.25, -0.2) is 19.9 Å². The predicted octanol–water partition coefficient (Wildman–Crippen LogP) is 1.28. The number of anilines is 2. The van der Waals surface area contributed by atoms with Gasteiger partial charge < -0.3 is 10.2 Å². The molecule has 0 aliphatic carbocycles. The first kappa shape index (κ1) is 17.2. The molecular formula is C17H23N7O. The van der Waals surface area contributed by atoms with Crippen LogP contribution in [0.2, 0.25) is 0 Å². The highest BCUT2D eigenvalue weighted by Crippen LogP contribution is 2.26. The summed E-state index contributed by atoms with van der Waals surface area (Å²) >= 11 is 0. The summed E-state index contributed by atoms with van der Waals surface area (Å²) in [6, 6.07) is 1.95. The number of carbonyl (C=O) groups is 1. The maximum absolute atomic E-state index is 11.9. The van der Waals surface area contributed by atoms with Crippen molar-refractivity contribution in [2.45, 2.75) is 18.8 Å². The van der Waals surface area contributed by atoms with Crippen LogP contribution in [-0.2, 0) is 4.79 Å². The summed E-state index contributed by atoms with van der Waals surface area (Å²) in [5.41, 5.74) is 1.75. The molecule has 0 bridgehead atoms. The minimum absolute atomic E-state index is 0.134. The van der Waals surface area contributed by atoms with Gasteiger partial charge >= 0.3 is 0 Å². The van der Waals surface area contributed by atoms with Crippen LogP contribution in [0.15, 0.2) is 31.0 Å². The van der Waals surface area contributed by atoms with Gasteiger partial charge in [-0.1, -0.05) is 0 Å². The highest BCUT2D eigenvalue weighted by Gasteiger charge is 2.24. The lowest BCUT2D eigenvalue weighted by molar-refractivity contribution is -0.130. The molecule has 3 heterocycles. The van der Waals surface area contributed by atoms with E-state index in [-0.39, 0.29) is 5.91 Å². The van der Waals surface area contributed by atoms with Gasteiger partial charge in [0.15, 0.2) is 0 Å². The van der Waals surface area contributed by atoms with Crippen molar-refractivity contribution in [2.24, 2.45) is 0 Å². The van der Waals surface area contributed by atoms with Crippen LogP contribution in [0.1, 0.15) is 24.5 Å². The molecule has 1 atom stereocenters. The Balaban J connectivity index is 1.67. The number of aromatic nitrogens is 4. The number of nitrogens with one attached hydrogen (secondary N) is 1. The number of hydrogen-bond acceptors (Lipinski definition) is 7. The second-order valence-electron chi connectivity index (χ2n) is 6.42. The molecular weight excluding hydrogens is 318 g/mol. The molecule has 1 N–H and O–H groups in total. The zero-order chi connectivity index (χ0) is 17.6. The highest BCUT2D eigenvalue weighted by molar-refractivity contribution is 5.77. The fourth-order valence-corrected chi connectivity index (χ4v) is 2.93. The van der Waals surface area contributed by atoms with Gasteiger partial charge in [-0.15, -0.1) is 0 Å². The van der Waals surface area contributed by atoms with E-state index in [0.717, 1.165) is 37.3 Å². The smallest absolute Gasteiger partial charge is 0.236 e. The summed E-state index contributed by atoms with van der Waals surface area (Å²) in [6.45, 7) is 2.25. The van der Waals surface area contributed by atoms with E-state index in [1.807, 2.05) is 6.07 Å². The summed E-state index contributed by atoms with van der Waals surface area (Å²) in [7, 11) is 3.58. The van der Waals surface area contributed by atoms with Crippen molar-refractivity contribution < 1.29 is 4.79 Å². The van der Waals surface area contributed by atoms with E-state index in [4.69, 9.17) is 0 Å². The Kier molecular flexibility index (Phi) is 5.49. The maximum Gasteiger partial charge on any atom is 0.236 e.